The molecule has 0 radical (unpaired) electrons. The van der Waals surface area contributed by atoms with Gasteiger partial charge in [-0.2, -0.15) is 4.98 Å². The Kier molecular flexibility index (Phi) is 3.44. The van der Waals surface area contributed by atoms with Crippen molar-refractivity contribution in [2.75, 3.05) is 11.1 Å². The van der Waals surface area contributed by atoms with E-state index in [9.17, 15) is 4.39 Å². The van der Waals surface area contributed by atoms with Gasteiger partial charge in [0.2, 0.25) is 5.95 Å². The summed E-state index contributed by atoms with van der Waals surface area (Å²) < 4.78 is 14.1. The van der Waals surface area contributed by atoms with Crippen molar-refractivity contribution in [1.82, 2.24) is 9.97 Å². The zero-order chi connectivity index (χ0) is 12.4. The van der Waals surface area contributed by atoms with Gasteiger partial charge in [-0.15, -0.1) is 0 Å². The van der Waals surface area contributed by atoms with E-state index in [1.165, 1.54) is 12.1 Å². The Bertz CT molecular complexity index is 544. The number of nitrogens with two attached hydrogens (primary N) is 1. The van der Waals surface area contributed by atoms with Crippen LogP contribution in [0.1, 0.15) is 0 Å². The number of hydrogen-bond donors (Lipinski definition) is 2. The number of nitrogens with zero attached hydrogens (tertiary/aromatic N) is 2. The molecule has 0 spiro atoms. The number of benzene rings is 1. The zero-order valence-electron chi connectivity index (χ0n) is 8.42. The summed E-state index contributed by atoms with van der Waals surface area (Å²) in [6.07, 6.45) is 0. The van der Waals surface area contributed by atoms with Crippen LogP contribution in [0.3, 0.4) is 0 Å². The number of nitrogen functional groups attached to an aromatic ring is 1. The van der Waals surface area contributed by atoms with E-state index in [4.69, 9.17) is 17.3 Å². The third-order valence-corrected chi connectivity index (χ3v) is 2.61. The normalized spacial score (nSPS) is 10.3. The lowest BCUT2D eigenvalue weighted by Gasteiger charge is -2.07. The number of hydrogen-bond acceptors (Lipinski definition) is 4. The molecule has 0 aliphatic carbocycles. The predicted molar refractivity (Wildman–Crippen MR) is 68.8 cm³/mol. The van der Waals surface area contributed by atoms with Gasteiger partial charge < -0.3 is 11.1 Å². The van der Waals surface area contributed by atoms with Crippen LogP contribution in [0.5, 0.6) is 0 Å². The van der Waals surface area contributed by atoms with Crippen LogP contribution in [0.4, 0.5) is 21.8 Å². The largest absolute Gasteiger partial charge is 0.383 e. The van der Waals surface area contributed by atoms with Gasteiger partial charge in [0.25, 0.3) is 0 Å². The lowest BCUT2D eigenvalue weighted by molar-refractivity contribution is 0.632. The smallest absolute Gasteiger partial charge is 0.230 e. The average Bonchev–Trinajstić information content (AvgIpc) is 2.23. The van der Waals surface area contributed by atoms with Gasteiger partial charge >= 0.3 is 0 Å². The van der Waals surface area contributed by atoms with Gasteiger partial charge in [0.15, 0.2) is 5.82 Å². The second-order valence-electron chi connectivity index (χ2n) is 3.17. The van der Waals surface area contributed by atoms with Crippen molar-refractivity contribution < 1.29 is 4.39 Å². The minimum atomic E-state index is -0.559. The molecule has 1 aromatic carbocycles. The van der Waals surface area contributed by atoms with Crippen LogP contribution < -0.4 is 11.1 Å². The first-order valence-corrected chi connectivity index (χ1v) is 5.74. The van der Waals surface area contributed by atoms with Gasteiger partial charge in [-0.1, -0.05) is 17.7 Å². The lowest BCUT2D eigenvalue weighted by atomic mass is 10.3. The molecule has 1 heterocycles. The Morgan fingerprint density at radius 3 is 2.82 bits per heavy atom. The molecule has 1 aromatic heterocycles. The number of aromatic nitrogens is 2. The summed E-state index contributed by atoms with van der Waals surface area (Å²) in [5.74, 6) is -0.0915. The second kappa shape index (κ2) is 4.85. The number of nitrogens with one attached hydrogen (secondary N) is 1. The molecule has 3 N–H and O–H groups in total. The predicted octanol–water partition coefficient (Wildman–Crippen LogP) is 3.36. The Hall–Kier alpha value is -1.40. The second-order valence-corrected chi connectivity index (χ2v) is 4.39. The average molecular weight is 318 g/mol. The quantitative estimate of drug-likeness (QED) is 0.834. The molecule has 0 fully saturated rings. The molecule has 0 atom stereocenters. The standard InChI is InChI=1S/C10H7BrClFN4/c11-7-4-8(14)17-10(16-7)15-6-3-1-2-5(12)9(6)13/h1-4H,(H3,14,15,16,17). The third kappa shape index (κ3) is 2.83. The van der Waals surface area contributed by atoms with Crippen LogP contribution >= 0.6 is 27.5 Å². The highest BCUT2D eigenvalue weighted by Gasteiger charge is 2.08. The number of rotatable bonds is 2. The van der Waals surface area contributed by atoms with Crippen molar-refractivity contribution in [3.05, 3.63) is 39.7 Å². The molecule has 0 saturated carbocycles. The van der Waals surface area contributed by atoms with E-state index < -0.39 is 5.82 Å². The molecule has 0 aliphatic heterocycles. The number of halogens is 3. The topological polar surface area (TPSA) is 63.8 Å². The summed E-state index contributed by atoms with van der Waals surface area (Å²) >= 11 is 8.82. The maximum absolute atomic E-state index is 13.6. The summed E-state index contributed by atoms with van der Waals surface area (Å²) in [5, 5.41) is 2.73. The molecule has 2 aromatic rings. The van der Waals surface area contributed by atoms with Gasteiger partial charge in [-0.3, -0.25) is 0 Å². The highest BCUT2D eigenvalue weighted by Crippen LogP contribution is 2.24. The Balaban J connectivity index is 2.34. The first kappa shape index (κ1) is 12.1. The minimum absolute atomic E-state index is 0.0259. The van der Waals surface area contributed by atoms with Crippen molar-refractivity contribution in [2.45, 2.75) is 0 Å². The fourth-order valence-electron chi connectivity index (χ4n) is 1.21. The van der Waals surface area contributed by atoms with Gasteiger partial charge in [0.05, 0.1) is 10.7 Å². The van der Waals surface area contributed by atoms with E-state index in [1.54, 1.807) is 12.1 Å². The monoisotopic (exact) mass is 316 g/mol. The Morgan fingerprint density at radius 1 is 1.35 bits per heavy atom. The molecule has 0 bridgehead atoms. The highest BCUT2D eigenvalue weighted by molar-refractivity contribution is 9.10. The van der Waals surface area contributed by atoms with E-state index in [0.29, 0.717) is 4.60 Å². The Morgan fingerprint density at radius 2 is 2.12 bits per heavy atom. The van der Waals surface area contributed by atoms with Crippen molar-refractivity contribution in [3.63, 3.8) is 0 Å². The zero-order valence-corrected chi connectivity index (χ0v) is 10.8. The minimum Gasteiger partial charge on any atom is -0.383 e. The van der Waals surface area contributed by atoms with E-state index in [-0.39, 0.29) is 22.5 Å². The van der Waals surface area contributed by atoms with Gasteiger partial charge in [-0.05, 0) is 28.1 Å². The summed E-state index contributed by atoms with van der Waals surface area (Å²) in [5.41, 5.74) is 5.73. The molecule has 88 valence electrons. The van der Waals surface area contributed by atoms with E-state index >= 15 is 0 Å². The molecule has 2 rings (SSSR count). The first-order valence-electron chi connectivity index (χ1n) is 4.57. The van der Waals surface area contributed by atoms with Crippen molar-refractivity contribution in [2.24, 2.45) is 0 Å². The molecule has 4 nitrogen and oxygen atoms in total. The summed E-state index contributed by atoms with van der Waals surface area (Å²) in [6.45, 7) is 0. The highest BCUT2D eigenvalue weighted by atomic mass is 79.9. The van der Waals surface area contributed by atoms with Gasteiger partial charge in [0, 0.05) is 6.07 Å². The summed E-state index contributed by atoms with van der Waals surface area (Å²) in [7, 11) is 0. The van der Waals surface area contributed by atoms with Crippen molar-refractivity contribution in [1.29, 1.82) is 0 Å². The molecule has 0 amide bonds. The van der Waals surface area contributed by atoms with Crippen LogP contribution in [0.2, 0.25) is 5.02 Å². The van der Waals surface area contributed by atoms with E-state index in [0.717, 1.165) is 0 Å². The summed E-state index contributed by atoms with van der Waals surface area (Å²) in [4.78, 5) is 7.92. The molecule has 0 aliphatic rings. The SMILES string of the molecule is Nc1cc(Br)nc(Nc2cccc(Cl)c2F)n1. The fraction of sp³-hybridized carbons (Fsp3) is 0. The Labute approximate surface area is 110 Å². The van der Waals surface area contributed by atoms with Gasteiger partial charge in [0.1, 0.15) is 10.4 Å². The van der Waals surface area contributed by atoms with E-state index in [1.807, 2.05) is 0 Å². The molecule has 0 saturated heterocycles. The molecular weight excluding hydrogens is 310 g/mol. The van der Waals surface area contributed by atoms with Gasteiger partial charge in [-0.25, -0.2) is 9.37 Å². The third-order valence-electron chi connectivity index (χ3n) is 1.91. The first-order chi connectivity index (χ1) is 8.06. The van der Waals surface area contributed by atoms with Crippen LogP contribution in [0.15, 0.2) is 28.9 Å². The maximum Gasteiger partial charge on any atom is 0.230 e. The fourth-order valence-corrected chi connectivity index (χ4v) is 1.79. The molecule has 0 unspecified atom stereocenters. The van der Waals surface area contributed by atoms with Crippen LogP contribution in [0.25, 0.3) is 0 Å². The van der Waals surface area contributed by atoms with Crippen molar-refractivity contribution >= 4 is 45.0 Å². The van der Waals surface area contributed by atoms with Crippen LogP contribution in [-0.4, -0.2) is 9.97 Å². The lowest BCUT2D eigenvalue weighted by Crippen LogP contribution is -2.02. The molecular formula is C10H7BrClFN4. The van der Waals surface area contributed by atoms with E-state index in [2.05, 4.69) is 31.2 Å². The van der Waals surface area contributed by atoms with Crippen LogP contribution in [0, 0.1) is 5.82 Å². The maximum atomic E-state index is 13.6. The molecule has 17 heavy (non-hydrogen) atoms. The van der Waals surface area contributed by atoms with Crippen LogP contribution in [-0.2, 0) is 0 Å². The molecule has 7 heteroatoms. The van der Waals surface area contributed by atoms with Crippen molar-refractivity contribution in [3.8, 4) is 0 Å². The summed E-state index contributed by atoms with van der Waals surface area (Å²) in [6, 6.07) is 6.15. The number of anilines is 3.